The van der Waals surface area contributed by atoms with Gasteiger partial charge in [-0.2, -0.15) is 0 Å². The van der Waals surface area contributed by atoms with E-state index in [2.05, 4.69) is 5.43 Å². The number of carboxylic acid groups (broad SMARTS) is 1. The Morgan fingerprint density at radius 2 is 2.31 bits per heavy atom. The maximum atomic E-state index is 10.9. The number of nitrogens with zero attached hydrogens (tertiary/aromatic N) is 1. The van der Waals surface area contributed by atoms with Crippen molar-refractivity contribution in [1.82, 2.24) is 10.4 Å². The molecule has 0 radical (unpaired) electrons. The molecule has 1 aliphatic rings. The van der Waals surface area contributed by atoms with Crippen LogP contribution in [0.3, 0.4) is 0 Å². The Bertz CT molecular complexity index is 219. The quantitative estimate of drug-likeness (QED) is 0.501. The Balaban J connectivity index is 2.48. The third-order valence-corrected chi connectivity index (χ3v) is 1.99. The van der Waals surface area contributed by atoms with Crippen LogP contribution in [0.2, 0.25) is 0 Å². The average molecular weight is 187 g/mol. The van der Waals surface area contributed by atoms with E-state index >= 15 is 0 Å². The molecule has 0 spiro atoms. The molecule has 0 aromatic rings. The van der Waals surface area contributed by atoms with Crippen molar-refractivity contribution >= 4 is 11.9 Å². The maximum absolute atomic E-state index is 10.9. The molecular weight excluding hydrogens is 174 g/mol. The zero-order valence-corrected chi connectivity index (χ0v) is 7.19. The SMILES string of the molecule is NCC(=O)NN1CCC[C@H]1C(=O)O. The second-order valence-corrected chi connectivity index (χ2v) is 2.93. The number of nitrogens with two attached hydrogens (primary N) is 1. The fraction of sp³-hybridized carbons (Fsp3) is 0.714. The number of aliphatic carboxylic acids is 1. The van der Waals surface area contributed by atoms with Gasteiger partial charge in [-0.15, -0.1) is 0 Å². The van der Waals surface area contributed by atoms with Gasteiger partial charge in [0.25, 0.3) is 0 Å². The van der Waals surface area contributed by atoms with E-state index in [-0.39, 0.29) is 12.5 Å². The fourth-order valence-corrected chi connectivity index (χ4v) is 1.36. The highest BCUT2D eigenvalue weighted by Gasteiger charge is 2.31. The molecule has 0 aliphatic carbocycles. The Hall–Kier alpha value is -1.14. The first-order valence-electron chi connectivity index (χ1n) is 4.14. The molecule has 4 N–H and O–H groups in total. The summed E-state index contributed by atoms with van der Waals surface area (Å²) < 4.78 is 0. The van der Waals surface area contributed by atoms with Gasteiger partial charge in [0.2, 0.25) is 5.91 Å². The van der Waals surface area contributed by atoms with Crippen LogP contribution < -0.4 is 11.2 Å². The van der Waals surface area contributed by atoms with Crippen LogP contribution >= 0.6 is 0 Å². The second-order valence-electron chi connectivity index (χ2n) is 2.93. The fourth-order valence-electron chi connectivity index (χ4n) is 1.36. The third-order valence-electron chi connectivity index (χ3n) is 1.99. The number of hydrazine groups is 1. The molecule has 1 rings (SSSR count). The minimum atomic E-state index is -0.908. The molecule has 6 nitrogen and oxygen atoms in total. The number of carbonyl (C=O) groups excluding carboxylic acids is 1. The monoisotopic (exact) mass is 187 g/mol. The number of carbonyl (C=O) groups is 2. The van der Waals surface area contributed by atoms with Crippen LogP contribution in [0.4, 0.5) is 0 Å². The summed E-state index contributed by atoms with van der Waals surface area (Å²) >= 11 is 0. The molecule has 13 heavy (non-hydrogen) atoms. The first-order chi connectivity index (χ1) is 6.15. The van der Waals surface area contributed by atoms with Gasteiger partial charge in [0.15, 0.2) is 0 Å². The number of hydrogen-bond acceptors (Lipinski definition) is 4. The average Bonchev–Trinajstić information content (AvgIpc) is 2.52. The van der Waals surface area contributed by atoms with Crippen molar-refractivity contribution in [3.05, 3.63) is 0 Å². The molecule has 0 saturated carbocycles. The molecule has 0 bridgehead atoms. The minimum Gasteiger partial charge on any atom is -0.480 e. The molecule has 0 aromatic heterocycles. The lowest BCUT2D eigenvalue weighted by Crippen LogP contribution is -2.49. The van der Waals surface area contributed by atoms with Crippen LogP contribution in [0.1, 0.15) is 12.8 Å². The second kappa shape index (κ2) is 4.20. The Morgan fingerprint density at radius 3 is 2.85 bits per heavy atom. The predicted octanol–water partition coefficient (Wildman–Crippen LogP) is -1.47. The van der Waals surface area contributed by atoms with Gasteiger partial charge < -0.3 is 10.8 Å². The van der Waals surface area contributed by atoms with Gasteiger partial charge in [0.1, 0.15) is 6.04 Å². The molecule has 1 atom stereocenters. The van der Waals surface area contributed by atoms with Crippen molar-refractivity contribution in [1.29, 1.82) is 0 Å². The third kappa shape index (κ3) is 2.40. The summed E-state index contributed by atoms with van der Waals surface area (Å²) in [6.45, 7) is 0.450. The number of amides is 1. The molecule has 0 aromatic carbocycles. The molecule has 1 aliphatic heterocycles. The van der Waals surface area contributed by atoms with E-state index < -0.39 is 12.0 Å². The first kappa shape index (κ1) is 9.94. The van der Waals surface area contributed by atoms with Crippen LogP contribution in [0, 0.1) is 0 Å². The molecular formula is C7H13N3O3. The summed E-state index contributed by atoms with van der Waals surface area (Å²) in [7, 11) is 0. The summed E-state index contributed by atoms with van der Waals surface area (Å²) in [6.07, 6.45) is 1.35. The molecule has 1 amide bonds. The van der Waals surface area contributed by atoms with Crippen molar-refractivity contribution in [3.8, 4) is 0 Å². The van der Waals surface area contributed by atoms with Crippen molar-refractivity contribution in [2.24, 2.45) is 5.73 Å². The summed E-state index contributed by atoms with van der Waals surface area (Å²) in [4.78, 5) is 21.5. The Morgan fingerprint density at radius 1 is 1.62 bits per heavy atom. The first-order valence-corrected chi connectivity index (χ1v) is 4.14. The highest BCUT2D eigenvalue weighted by molar-refractivity contribution is 5.79. The van der Waals surface area contributed by atoms with E-state index in [0.29, 0.717) is 13.0 Å². The highest BCUT2D eigenvalue weighted by Crippen LogP contribution is 2.14. The summed E-state index contributed by atoms with van der Waals surface area (Å²) in [5, 5.41) is 10.2. The van der Waals surface area contributed by atoms with Crippen molar-refractivity contribution in [3.63, 3.8) is 0 Å². The van der Waals surface area contributed by atoms with E-state index in [9.17, 15) is 9.59 Å². The smallest absolute Gasteiger partial charge is 0.322 e. The lowest BCUT2D eigenvalue weighted by atomic mass is 10.2. The van der Waals surface area contributed by atoms with Gasteiger partial charge in [-0.3, -0.25) is 15.0 Å². The van der Waals surface area contributed by atoms with Crippen LogP contribution in [0.5, 0.6) is 0 Å². The van der Waals surface area contributed by atoms with Crippen molar-refractivity contribution in [2.75, 3.05) is 13.1 Å². The van der Waals surface area contributed by atoms with Crippen molar-refractivity contribution in [2.45, 2.75) is 18.9 Å². The summed E-state index contributed by atoms with van der Waals surface area (Å²) in [6, 6.07) is -0.601. The topological polar surface area (TPSA) is 95.7 Å². The summed E-state index contributed by atoms with van der Waals surface area (Å²) in [5.41, 5.74) is 7.53. The molecule has 1 heterocycles. The lowest BCUT2D eigenvalue weighted by Gasteiger charge is -2.21. The molecule has 1 saturated heterocycles. The zero-order chi connectivity index (χ0) is 9.84. The van der Waals surface area contributed by atoms with Gasteiger partial charge in [-0.25, -0.2) is 5.01 Å². The van der Waals surface area contributed by atoms with E-state index in [0.717, 1.165) is 6.42 Å². The van der Waals surface area contributed by atoms with E-state index in [1.807, 2.05) is 0 Å². The maximum Gasteiger partial charge on any atom is 0.322 e. The Kier molecular flexibility index (Phi) is 3.21. The predicted molar refractivity (Wildman–Crippen MR) is 44.6 cm³/mol. The number of rotatable bonds is 3. The normalized spacial score (nSPS) is 23.0. The molecule has 6 heteroatoms. The van der Waals surface area contributed by atoms with Crippen LogP contribution in [0.25, 0.3) is 0 Å². The molecule has 1 fully saturated rings. The lowest BCUT2D eigenvalue weighted by molar-refractivity contribution is -0.144. The van der Waals surface area contributed by atoms with Crippen molar-refractivity contribution < 1.29 is 14.7 Å². The Labute approximate surface area is 75.7 Å². The highest BCUT2D eigenvalue weighted by atomic mass is 16.4. The van der Waals surface area contributed by atoms with Gasteiger partial charge in [0, 0.05) is 6.54 Å². The number of carboxylic acids is 1. The van der Waals surface area contributed by atoms with Gasteiger partial charge in [0.05, 0.1) is 6.54 Å². The van der Waals surface area contributed by atoms with Gasteiger partial charge >= 0.3 is 5.97 Å². The van der Waals surface area contributed by atoms with E-state index in [1.165, 1.54) is 5.01 Å². The van der Waals surface area contributed by atoms with Crippen LogP contribution in [-0.4, -0.2) is 41.1 Å². The molecule has 0 unspecified atom stereocenters. The standard InChI is InChI=1S/C7H13N3O3/c8-4-6(11)9-10-3-1-2-5(10)7(12)13/h5H,1-4,8H2,(H,9,11)(H,12,13)/t5-/m0/s1. The summed E-state index contributed by atoms with van der Waals surface area (Å²) in [5.74, 6) is -1.26. The largest absolute Gasteiger partial charge is 0.480 e. The van der Waals surface area contributed by atoms with Gasteiger partial charge in [-0.05, 0) is 12.8 Å². The van der Waals surface area contributed by atoms with Crippen LogP contribution in [-0.2, 0) is 9.59 Å². The number of hydrogen-bond donors (Lipinski definition) is 3. The van der Waals surface area contributed by atoms with Gasteiger partial charge in [-0.1, -0.05) is 0 Å². The zero-order valence-electron chi connectivity index (χ0n) is 7.19. The van der Waals surface area contributed by atoms with E-state index in [4.69, 9.17) is 10.8 Å². The minimum absolute atomic E-state index is 0.122. The van der Waals surface area contributed by atoms with E-state index in [1.54, 1.807) is 0 Å². The van der Waals surface area contributed by atoms with Crippen LogP contribution in [0.15, 0.2) is 0 Å². The number of nitrogens with one attached hydrogen (secondary N) is 1. The molecule has 74 valence electrons.